The summed E-state index contributed by atoms with van der Waals surface area (Å²) in [6.07, 6.45) is 5.47. The van der Waals surface area contributed by atoms with E-state index in [1.54, 1.807) is 0 Å². The topological polar surface area (TPSA) is 17.1 Å². The molecule has 0 spiro atoms. The molecule has 0 aromatic rings. The Kier molecular flexibility index (Phi) is 1.70. The largest absolute Gasteiger partial charge is 0.291 e. The van der Waals surface area contributed by atoms with Crippen LogP contribution in [0.4, 0.5) is 4.39 Å². The molecule has 1 aliphatic rings. The van der Waals surface area contributed by atoms with Crippen molar-refractivity contribution in [2.24, 2.45) is 0 Å². The molecule has 1 radical (unpaired) electrons. The van der Waals surface area contributed by atoms with Gasteiger partial charge in [0.1, 0.15) is 0 Å². The zero-order valence-corrected chi connectivity index (χ0v) is 5.51. The van der Waals surface area contributed by atoms with Gasteiger partial charge in [-0.25, -0.2) is 4.39 Å². The molecule has 0 saturated carbocycles. The highest BCUT2D eigenvalue weighted by Crippen LogP contribution is 2.22. The minimum absolute atomic E-state index is 0.0350. The maximum absolute atomic E-state index is 13.1. The maximum atomic E-state index is 13.1. The summed E-state index contributed by atoms with van der Waals surface area (Å²) < 4.78 is 13.1. The highest BCUT2D eigenvalue weighted by Gasteiger charge is 2.32. The summed E-state index contributed by atoms with van der Waals surface area (Å²) in [6, 6.07) is 0. The van der Waals surface area contributed by atoms with Crippen molar-refractivity contribution in [3.05, 3.63) is 31.2 Å². The highest BCUT2D eigenvalue weighted by molar-refractivity contribution is 5.99. The van der Waals surface area contributed by atoms with Crippen LogP contribution < -0.4 is 0 Å². The van der Waals surface area contributed by atoms with Gasteiger partial charge in [0.05, 0.1) is 0 Å². The van der Waals surface area contributed by atoms with Gasteiger partial charge in [0.25, 0.3) is 0 Å². The summed E-state index contributed by atoms with van der Waals surface area (Å²) in [6.45, 7) is 3.35. The third-order valence-corrected chi connectivity index (χ3v) is 1.49. The molecule has 1 nitrogen and oxygen atoms in total. The minimum atomic E-state index is -1.84. The molecule has 0 amide bonds. The first-order chi connectivity index (χ1) is 4.69. The van der Waals surface area contributed by atoms with E-state index in [-0.39, 0.29) is 6.42 Å². The molecule has 2 heteroatoms. The van der Waals surface area contributed by atoms with Gasteiger partial charge in [-0.3, -0.25) is 4.79 Å². The van der Waals surface area contributed by atoms with Crippen LogP contribution in [0.1, 0.15) is 6.42 Å². The Morgan fingerprint density at radius 1 is 1.60 bits per heavy atom. The van der Waals surface area contributed by atoms with E-state index in [9.17, 15) is 9.18 Å². The second-order valence-corrected chi connectivity index (χ2v) is 2.19. The summed E-state index contributed by atoms with van der Waals surface area (Å²) >= 11 is 0. The van der Waals surface area contributed by atoms with E-state index in [1.807, 2.05) is 0 Å². The van der Waals surface area contributed by atoms with Gasteiger partial charge in [-0.15, -0.1) is 0 Å². The lowest BCUT2D eigenvalue weighted by atomic mass is 9.93. The van der Waals surface area contributed by atoms with E-state index in [0.717, 1.165) is 0 Å². The van der Waals surface area contributed by atoms with Crippen LogP contribution in [0.25, 0.3) is 0 Å². The number of halogens is 1. The molecule has 0 bridgehead atoms. The van der Waals surface area contributed by atoms with Crippen LogP contribution in [0, 0.1) is 6.92 Å². The Morgan fingerprint density at radius 2 is 2.30 bits per heavy atom. The lowest BCUT2D eigenvalue weighted by Crippen LogP contribution is -2.30. The number of alkyl halides is 1. The second-order valence-electron chi connectivity index (χ2n) is 2.19. The molecule has 0 aromatic carbocycles. The van der Waals surface area contributed by atoms with Crippen molar-refractivity contribution in [2.45, 2.75) is 12.1 Å². The monoisotopic (exact) mass is 139 g/mol. The number of hydrogen-bond acceptors (Lipinski definition) is 1. The lowest BCUT2D eigenvalue weighted by molar-refractivity contribution is -0.122. The Balaban J connectivity index is 2.88. The number of hydrogen-bond donors (Lipinski definition) is 0. The molecular formula is C8H8FO. The van der Waals surface area contributed by atoms with Crippen molar-refractivity contribution in [1.82, 2.24) is 0 Å². The fourth-order valence-electron chi connectivity index (χ4n) is 0.778. The molecule has 0 heterocycles. The van der Waals surface area contributed by atoms with Gasteiger partial charge in [-0.2, -0.15) is 0 Å². The van der Waals surface area contributed by atoms with Crippen molar-refractivity contribution in [2.75, 3.05) is 0 Å². The second kappa shape index (κ2) is 2.37. The van der Waals surface area contributed by atoms with Crippen molar-refractivity contribution in [3.63, 3.8) is 0 Å². The van der Waals surface area contributed by atoms with E-state index in [0.29, 0.717) is 0 Å². The van der Waals surface area contributed by atoms with Crippen LogP contribution in [0.15, 0.2) is 24.3 Å². The van der Waals surface area contributed by atoms with Gasteiger partial charge in [0.2, 0.25) is 0 Å². The highest BCUT2D eigenvalue weighted by atomic mass is 19.1. The van der Waals surface area contributed by atoms with E-state index in [4.69, 9.17) is 0 Å². The molecule has 1 aliphatic carbocycles. The lowest BCUT2D eigenvalue weighted by Gasteiger charge is -2.17. The summed E-state index contributed by atoms with van der Waals surface area (Å²) in [5.41, 5.74) is -1.84. The predicted octanol–water partition coefficient (Wildman–Crippen LogP) is 1.61. The average Bonchev–Trinajstić information content (AvgIpc) is 1.96. The first-order valence-corrected chi connectivity index (χ1v) is 3.07. The molecule has 1 atom stereocenters. The summed E-state index contributed by atoms with van der Waals surface area (Å²) in [5.74, 6) is -0.509. The molecule has 0 aromatic heterocycles. The van der Waals surface area contributed by atoms with Gasteiger partial charge >= 0.3 is 0 Å². The van der Waals surface area contributed by atoms with E-state index in [1.165, 1.54) is 24.3 Å². The number of carbonyl (C=O) groups excluding carboxylic acids is 1. The molecule has 1 unspecified atom stereocenters. The third kappa shape index (κ3) is 1.01. The summed E-state index contributed by atoms with van der Waals surface area (Å²) in [5, 5.41) is 0. The maximum Gasteiger partial charge on any atom is 0.196 e. The van der Waals surface area contributed by atoms with Crippen LogP contribution in [-0.2, 0) is 4.79 Å². The normalized spacial score (nSPS) is 31.2. The first-order valence-electron chi connectivity index (χ1n) is 3.07. The van der Waals surface area contributed by atoms with E-state index in [2.05, 4.69) is 6.92 Å². The zero-order chi connectivity index (χ0) is 7.61. The van der Waals surface area contributed by atoms with Crippen LogP contribution in [0.3, 0.4) is 0 Å². The van der Waals surface area contributed by atoms with Gasteiger partial charge in [-0.1, -0.05) is 12.2 Å². The molecule has 0 saturated heterocycles. The van der Waals surface area contributed by atoms with Crippen molar-refractivity contribution < 1.29 is 9.18 Å². The number of rotatable bonds is 1. The smallest absolute Gasteiger partial charge is 0.196 e. The van der Waals surface area contributed by atoms with Crippen LogP contribution >= 0.6 is 0 Å². The summed E-state index contributed by atoms with van der Waals surface area (Å²) in [4.78, 5) is 10.8. The molecular weight excluding hydrogens is 131 g/mol. The number of allylic oxidation sites excluding steroid dienone is 4. The van der Waals surface area contributed by atoms with E-state index >= 15 is 0 Å². The average molecular weight is 139 g/mol. The molecule has 0 N–H and O–H groups in total. The Morgan fingerprint density at radius 3 is 2.70 bits per heavy atom. The van der Waals surface area contributed by atoms with Crippen molar-refractivity contribution in [3.8, 4) is 0 Å². The minimum Gasteiger partial charge on any atom is -0.291 e. The Labute approximate surface area is 59.2 Å². The SMILES string of the molecule is [CH2]CC1(F)C=CC=CC1=O. The van der Waals surface area contributed by atoms with Crippen LogP contribution in [0.5, 0.6) is 0 Å². The Hall–Kier alpha value is -0.920. The fraction of sp³-hybridized carbons (Fsp3) is 0.250. The van der Waals surface area contributed by atoms with Gasteiger partial charge < -0.3 is 0 Å². The zero-order valence-electron chi connectivity index (χ0n) is 5.51. The predicted molar refractivity (Wildman–Crippen MR) is 37.1 cm³/mol. The quantitative estimate of drug-likeness (QED) is 0.539. The van der Waals surface area contributed by atoms with Gasteiger partial charge in [0.15, 0.2) is 11.5 Å². The third-order valence-electron chi connectivity index (χ3n) is 1.49. The van der Waals surface area contributed by atoms with Crippen molar-refractivity contribution in [1.29, 1.82) is 0 Å². The number of carbonyl (C=O) groups is 1. The standard InChI is InChI=1S/C8H8FO/c1-2-8(9)6-4-3-5-7(8)10/h3-6H,1-2H2. The van der Waals surface area contributed by atoms with Crippen LogP contribution in [0.2, 0.25) is 0 Å². The van der Waals surface area contributed by atoms with Crippen LogP contribution in [-0.4, -0.2) is 11.5 Å². The molecule has 0 aliphatic heterocycles. The summed E-state index contributed by atoms with van der Waals surface area (Å²) in [7, 11) is 0. The molecule has 0 fully saturated rings. The number of ketones is 1. The molecule has 10 heavy (non-hydrogen) atoms. The Bertz CT molecular complexity index is 205. The van der Waals surface area contributed by atoms with Gasteiger partial charge in [0, 0.05) is 0 Å². The molecule has 1 rings (SSSR count). The first kappa shape index (κ1) is 7.19. The van der Waals surface area contributed by atoms with E-state index < -0.39 is 11.5 Å². The fourth-order valence-corrected chi connectivity index (χ4v) is 0.778. The van der Waals surface area contributed by atoms with Gasteiger partial charge in [-0.05, 0) is 25.5 Å². The molecule has 53 valence electrons. The van der Waals surface area contributed by atoms with Crippen molar-refractivity contribution >= 4 is 5.78 Å².